The van der Waals surface area contributed by atoms with E-state index in [1.807, 2.05) is 4.90 Å². The number of piperidine rings is 2. The fourth-order valence-corrected chi connectivity index (χ4v) is 5.18. The summed E-state index contributed by atoms with van der Waals surface area (Å²) in [4.78, 5) is 28.6. The molecule has 3 aliphatic rings. The Kier molecular flexibility index (Phi) is 6.93. The molecule has 1 saturated carbocycles. The highest BCUT2D eigenvalue weighted by Crippen LogP contribution is 2.35. The lowest BCUT2D eigenvalue weighted by Gasteiger charge is -2.38. The number of likely N-dealkylation sites (tertiary alicyclic amines) is 2. The second kappa shape index (κ2) is 9.02. The predicted molar refractivity (Wildman–Crippen MR) is 105 cm³/mol. The summed E-state index contributed by atoms with van der Waals surface area (Å²) in [5.74, 6) is 1.43. The van der Waals surface area contributed by atoms with E-state index < -0.39 is 5.67 Å². The summed E-state index contributed by atoms with van der Waals surface area (Å²) in [6, 6.07) is 0. The molecule has 2 heterocycles. The van der Waals surface area contributed by atoms with Gasteiger partial charge in [0, 0.05) is 38.0 Å². The Morgan fingerprint density at radius 1 is 0.926 bits per heavy atom. The molecule has 5 heteroatoms. The molecule has 154 valence electrons. The smallest absolute Gasteiger partial charge is 0.225 e. The van der Waals surface area contributed by atoms with Gasteiger partial charge >= 0.3 is 0 Å². The first-order valence-corrected chi connectivity index (χ1v) is 11.0. The minimum atomic E-state index is -0.963. The van der Waals surface area contributed by atoms with Crippen molar-refractivity contribution >= 4 is 11.7 Å². The molecule has 0 aromatic heterocycles. The highest BCUT2D eigenvalue weighted by Gasteiger charge is 2.35. The zero-order valence-electron chi connectivity index (χ0n) is 17.2. The summed E-state index contributed by atoms with van der Waals surface area (Å²) in [5, 5.41) is 0. The minimum absolute atomic E-state index is 0.116. The van der Waals surface area contributed by atoms with Crippen LogP contribution in [-0.2, 0) is 9.59 Å². The van der Waals surface area contributed by atoms with Gasteiger partial charge in [-0.1, -0.05) is 0 Å². The molecule has 3 fully saturated rings. The zero-order chi connectivity index (χ0) is 19.4. The summed E-state index contributed by atoms with van der Waals surface area (Å²) < 4.78 is 14.9. The van der Waals surface area contributed by atoms with Crippen LogP contribution in [0.5, 0.6) is 0 Å². The van der Waals surface area contributed by atoms with E-state index in [0.717, 1.165) is 71.1 Å². The van der Waals surface area contributed by atoms with Gasteiger partial charge in [-0.05, 0) is 84.1 Å². The standard InChI is InChI=1S/C22H37FN2O2/c1-17(26)19-3-5-20(6-4-19)21(27)25-13-8-18(9-14-25)7-10-22(23)11-15-24(2)16-12-22/h18-20H,3-16H2,1-2H3. The number of Topliss-reactive ketones (excluding diaryl/α,β-unsaturated/α-hetero) is 1. The van der Waals surface area contributed by atoms with Gasteiger partial charge in [0.15, 0.2) is 0 Å². The maximum absolute atomic E-state index is 14.9. The van der Waals surface area contributed by atoms with Crippen LogP contribution in [0.4, 0.5) is 4.39 Å². The maximum Gasteiger partial charge on any atom is 0.225 e. The summed E-state index contributed by atoms with van der Waals surface area (Å²) >= 11 is 0. The average molecular weight is 381 g/mol. The molecular weight excluding hydrogens is 343 g/mol. The van der Waals surface area contributed by atoms with Crippen LogP contribution in [-0.4, -0.2) is 60.4 Å². The van der Waals surface area contributed by atoms with Crippen molar-refractivity contribution in [1.29, 1.82) is 0 Å². The van der Waals surface area contributed by atoms with Crippen LogP contribution in [0, 0.1) is 17.8 Å². The maximum atomic E-state index is 14.9. The number of rotatable bonds is 5. The molecule has 1 amide bonds. The number of alkyl halides is 1. The highest BCUT2D eigenvalue weighted by atomic mass is 19.1. The van der Waals surface area contributed by atoms with Crippen molar-refractivity contribution in [3.63, 3.8) is 0 Å². The second-order valence-electron chi connectivity index (χ2n) is 9.42. The van der Waals surface area contributed by atoms with E-state index in [2.05, 4.69) is 11.9 Å². The largest absolute Gasteiger partial charge is 0.342 e. The summed E-state index contributed by atoms with van der Waals surface area (Å²) in [6.45, 7) is 5.08. The number of nitrogens with zero attached hydrogens (tertiary/aromatic N) is 2. The number of hydrogen-bond acceptors (Lipinski definition) is 3. The molecule has 2 saturated heterocycles. The summed E-state index contributed by atoms with van der Waals surface area (Å²) in [5.41, 5.74) is -0.963. The fourth-order valence-electron chi connectivity index (χ4n) is 5.18. The zero-order valence-corrected chi connectivity index (χ0v) is 17.2. The molecule has 0 atom stereocenters. The Morgan fingerprint density at radius 2 is 1.48 bits per heavy atom. The minimum Gasteiger partial charge on any atom is -0.342 e. The van der Waals surface area contributed by atoms with Gasteiger partial charge in [-0.15, -0.1) is 0 Å². The van der Waals surface area contributed by atoms with E-state index in [-0.39, 0.29) is 17.6 Å². The van der Waals surface area contributed by atoms with Crippen molar-refractivity contribution in [1.82, 2.24) is 9.80 Å². The normalized spacial score (nSPS) is 30.3. The van der Waals surface area contributed by atoms with Crippen molar-refractivity contribution in [3.8, 4) is 0 Å². The van der Waals surface area contributed by atoms with Crippen molar-refractivity contribution in [3.05, 3.63) is 0 Å². The van der Waals surface area contributed by atoms with Crippen LogP contribution in [0.25, 0.3) is 0 Å². The number of carbonyl (C=O) groups excluding carboxylic acids is 2. The number of halogens is 1. The first kappa shape index (κ1) is 20.8. The van der Waals surface area contributed by atoms with Gasteiger partial charge < -0.3 is 9.80 Å². The first-order valence-electron chi connectivity index (χ1n) is 11.0. The molecule has 0 bridgehead atoms. The number of amides is 1. The van der Waals surface area contributed by atoms with Crippen molar-refractivity contribution in [2.24, 2.45) is 17.8 Å². The SMILES string of the molecule is CC(=O)C1CCC(C(=O)N2CCC(CCC3(F)CCN(C)CC3)CC2)CC1. The third kappa shape index (κ3) is 5.52. The molecule has 4 nitrogen and oxygen atoms in total. The Labute approximate surface area is 163 Å². The highest BCUT2D eigenvalue weighted by molar-refractivity contribution is 5.81. The molecule has 0 spiro atoms. The quantitative estimate of drug-likeness (QED) is 0.728. The summed E-state index contributed by atoms with van der Waals surface area (Å²) in [7, 11) is 2.07. The number of ketones is 1. The van der Waals surface area contributed by atoms with Crippen LogP contribution >= 0.6 is 0 Å². The van der Waals surface area contributed by atoms with Crippen LogP contribution in [0.3, 0.4) is 0 Å². The molecule has 2 aliphatic heterocycles. The van der Waals surface area contributed by atoms with Gasteiger partial charge in [-0.2, -0.15) is 0 Å². The Morgan fingerprint density at radius 3 is 2.04 bits per heavy atom. The summed E-state index contributed by atoms with van der Waals surface area (Å²) in [6.07, 6.45) is 8.50. The Balaban J connectivity index is 1.37. The second-order valence-corrected chi connectivity index (χ2v) is 9.42. The number of carbonyl (C=O) groups is 2. The van der Waals surface area contributed by atoms with Crippen LogP contribution < -0.4 is 0 Å². The third-order valence-corrected chi connectivity index (χ3v) is 7.46. The third-order valence-electron chi connectivity index (χ3n) is 7.46. The van der Waals surface area contributed by atoms with Crippen molar-refractivity contribution < 1.29 is 14.0 Å². The van der Waals surface area contributed by atoms with Gasteiger partial charge in [0.1, 0.15) is 11.5 Å². The molecule has 0 aromatic rings. The van der Waals surface area contributed by atoms with E-state index in [0.29, 0.717) is 31.1 Å². The monoisotopic (exact) mass is 380 g/mol. The first-order chi connectivity index (χ1) is 12.9. The molecule has 3 rings (SSSR count). The van der Waals surface area contributed by atoms with Gasteiger partial charge in [-0.3, -0.25) is 9.59 Å². The lowest BCUT2D eigenvalue weighted by atomic mass is 9.79. The van der Waals surface area contributed by atoms with E-state index in [4.69, 9.17) is 0 Å². The topological polar surface area (TPSA) is 40.6 Å². The lowest BCUT2D eigenvalue weighted by molar-refractivity contribution is -0.139. The Hall–Kier alpha value is -0.970. The van der Waals surface area contributed by atoms with Gasteiger partial charge in [0.05, 0.1) is 0 Å². The molecule has 27 heavy (non-hydrogen) atoms. The molecule has 1 aliphatic carbocycles. The van der Waals surface area contributed by atoms with E-state index in [1.54, 1.807) is 6.92 Å². The van der Waals surface area contributed by atoms with E-state index in [9.17, 15) is 14.0 Å². The van der Waals surface area contributed by atoms with Gasteiger partial charge in [0.25, 0.3) is 0 Å². The van der Waals surface area contributed by atoms with Crippen molar-refractivity contribution in [2.45, 2.75) is 76.8 Å². The van der Waals surface area contributed by atoms with Crippen molar-refractivity contribution in [2.75, 3.05) is 33.2 Å². The van der Waals surface area contributed by atoms with Crippen LogP contribution in [0.1, 0.15) is 71.1 Å². The number of hydrogen-bond donors (Lipinski definition) is 0. The van der Waals surface area contributed by atoms with Crippen LogP contribution in [0.2, 0.25) is 0 Å². The molecule has 0 aromatic carbocycles. The van der Waals surface area contributed by atoms with Crippen LogP contribution in [0.15, 0.2) is 0 Å². The average Bonchev–Trinajstić information content (AvgIpc) is 2.69. The molecule has 0 N–H and O–H groups in total. The predicted octanol–water partition coefficient (Wildman–Crippen LogP) is 3.83. The van der Waals surface area contributed by atoms with E-state index in [1.165, 1.54) is 0 Å². The molecule has 0 radical (unpaired) electrons. The van der Waals surface area contributed by atoms with Gasteiger partial charge in [-0.25, -0.2) is 4.39 Å². The van der Waals surface area contributed by atoms with E-state index >= 15 is 0 Å². The Bertz CT molecular complexity index is 514. The fraction of sp³-hybridized carbons (Fsp3) is 0.909. The molecule has 0 unspecified atom stereocenters. The lowest BCUT2D eigenvalue weighted by Crippen LogP contribution is -2.43. The molecular formula is C22H37FN2O2. The van der Waals surface area contributed by atoms with Gasteiger partial charge in [0.2, 0.25) is 5.91 Å².